The normalized spacial score (nSPS) is 16.9. The van der Waals surface area contributed by atoms with E-state index in [0.717, 1.165) is 11.5 Å². The van der Waals surface area contributed by atoms with Gasteiger partial charge in [-0.2, -0.15) is 28.8 Å². The van der Waals surface area contributed by atoms with Crippen molar-refractivity contribution in [2.45, 2.75) is 18.6 Å². The second-order valence-corrected chi connectivity index (χ2v) is 9.54. The summed E-state index contributed by atoms with van der Waals surface area (Å²) in [5.74, 6) is 1.77. The summed E-state index contributed by atoms with van der Waals surface area (Å²) in [6, 6.07) is 10.3. The van der Waals surface area contributed by atoms with Crippen molar-refractivity contribution in [3.63, 3.8) is 0 Å². The number of nitrogens with zero attached hydrogens (tertiary/aromatic N) is 2. The molecule has 1 aliphatic rings. The first kappa shape index (κ1) is 20.2. The maximum absolute atomic E-state index is 12.2. The van der Waals surface area contributed by atoms with Gasteiger partial charge >= 0.3 is 0 Å². The molecule has 1 fully saturated rings. The van der Waals surface area contributed by atoms with Gasteiger partial charge in [0.1, 0.15) is 0 Å². The number of hydrogen-bond acceptors (Lipinski definition) is 4. The van der Waals surface area contributed by atoms with E-state index in [0.29, 0.717) is 32.5 Å². The van der Waals surface area contributed by atoms with E-state index in [9.17, 15) is 13.2 Å². The minimum Gasteiger partial charge on any atom is -0.355 e. The fourth-order valence-electron chi connectivity index (χ4n) is 2.73. The molecule has 25 heavy (non-hydrogen) atoms. The van der Waals surface area contributed by atoms with Crippen molar-refractivity contribution >= 4 is 27.9 Å². The van der Waals surface area contributed by atoms with Gasteiger partial charge in [0, 0.05) is 51.2 Å². The minimum atomic E-state index is -3.37. The molecular weight excluding hydrogens is 358 g/mol. The third-order valence-electron chi connectivity index (χ3n) is 4.27. The quantitative estimate of drug-likeness (QED) is 0.690. The number of rotatable bonds is 8. The third kappa shape index (κ3) is 5.99. The van der Waals surface area contributed by atoms with Crippen LogP contribution in [-0.4, -0.2) is 62.4 Å². The van der Waals surface area contributed by atoms with Crippen LogP contribution in [0.5, 0.6) is 0 Å². The number of amides is 1. The van der Waals surface area contributed by atoms with Gasteiger partial charge in [0.2, 0.25) is 5.91 Å². The van der Waals surface area contributed by atoms with Crippen LogP contribution in [0, 0.1) is 5.92 Å². The Kier molecular flexibility index (Phi) is 7.74. The first-order valence-electron chi connectivity index (χ1n) is 8.48. The zero-order chi connectivity index (χ0) is 18.3. The predicted molar refractivity (Wildman–Crippen MR) is 103 cm³/mol. The van der Waals surface area contributed by atoms with E-state index in [1.54, 1.807) is 11.8 Å². The van der Waals surface area contributed by atoms with Gasteiger partial charge in [-0.15, -0.1) is 0 Å². The van der Waals surface area contributed by atoms with Crippen molar-refractivity contribution < 1.29 is 13.2 Å². The monoisotopic (exact) mass is 385 g/mol. The standard InChI is InChI=1S/C17H27N3O3S2/c1-19(2)25(22,23)20-11-8-16(9-12-20)17(21)18-10-13-24-14-15-6-4-3-5-7-15/h3-7,16H,8-14H2,1-2H3,(H,18,21). The summed E-state index contributed by atoms with van der Waals surface area (Å²) in [7, 11) is -0.310. The fourth-order valence-corrected chi connectivity index (χ4v) is 4.69. The van der Waals surface area contributed by atoms with Crippen molar-refractivity contribution in [1.29, 1.82) is 0 Å². The molecule has 1 saturated heterocycles. The largest absolute Gasteiger partial charge is 0.355 e. The predicted octanol–water partition coefficient (Wildman–Crippen LogP) is 1.55. The molecule has 2 rings (SSSR count). The van der Waals surface area contributed by atoms with Crippen LogP contribution in [0.2, 0.25) is 0 Å². The van der Waals surface area contributed by atoms with Gasteiger partial charge in [0.25, 0.3) is 10.2 Å². The summed E-state index contributed by atoms with van der Waals surface area (Å²) in [4.78, 5) is 12.2. The number of nitrogens with one attached hydrogen (secondary N) is 1. The second kappa shape index (κ2) is 9.56. The van der Waals surface area contributed by atoms with E-state index < -0.39 is 10.2 Å². The Morgan fingerprint density at radius 1 is 1.24 bits per heavy atom. The summed E-state index contributed by atoms with van der Waals surface area (Å²) in [6.07, 6.45) is 1.16. The van der Waals surface area contributed by atoms with E-state index in [-0.39, 0.29) is 11.8 Å². The first-order chi connectivity index (χ1) is 11.9. The SMILES string of the molecule is CN(C)S(=O)(=O)N1CCC(C(=O)NCCSCc2ccccc2)CC1. The molecule has 0 unspecified atom stereocenters. The molecule has 0 bridgehead atoms. The summed E-state index contributed by atoms with van der Waals surface area (Å²) in [5.41, 5.74) is 1.29. The van der Waals surface area contributed by atoms with Crippen molar-refractivity contribution in [3.8, 4) is 0 Å². The molecule has 0 aliphatic carbocycles. The Bertz CT molecular complexity index is 642. The Labute approximate surface area is 155 Å². The molecular formula is C17H27N3O3S2. The number of thioether (sulfide) groups is 1. The highest BCUT2D eigenvalue weighted by molar-refractivity contribution is 7.98. The lowest BCUT2D eigenvalue weighted by molar-refractivity contribution is -0.125. The molecule has 1 heterocycles. The van der Waals surface area contributed by atoms with Crippen LogP contribution in [0.3, 0.4) is 0 Å². The maximum Gasteiger partial charge on any atom is 0.281 e. The number of piperidine rings is 1. The van der Waals surface area contributed by atoms with E-state index in [4.69, 9.17) is 0 Å². The van der Waals surface area contributed by atoms with Crippen LogP contribution < -0.4 is 5.32 Å². The molecule has 0 saturated carbocycles. The van der Waals surface area contributed by atoms with Crippen LogP contribution in [0.4, 0.5) is 0 Å². The van der Waals surface area contributed by atoms with Gasteiger partial charge in [-0.25, -0.2) is 0 Å². The van der Waals surface area contributed by atoms with E-state index in [1.165, 1.54) is 28.3 Å². The molecule has 0 radical (unpaired) electrons. The van der Waals surface area contributed by atoms with Gasteiger partial charge < -0.3 is 5.32 Å². The lowest BCUT2D eigenvalue weighted by atomic mass is 9.97. The number of benzene rings is 1. The van der Waals surface area contributed by atoms with Crippen LogP contribution in [0.15, 0.2) is 30.3 Å². The lowest BCUT2D eigenvalue weighted by Gasteiger charge is -2.32. The minimum absolute atomic E-state index is 0.0437. The van der Waals surface area contributed by atoms with Crippen molar-refractivity contribution in [1.82, 2.24) is 13.9 Å². The number of carbonyl (C=O) groups excluding carboxylic acids is 1. The van der Waals surface area contributed by atoms with E-state index in [2.05, 4.69) is 17.4 Å². The fraction of sp³-hybridized carbons (Fsp3) is 0.588. The molecule has 1 N–H and O–H groups in total. The molecule has 0 spiro atoms. The highest BCUT2D eigenvalue weighted by Gasteiger charge is 2.31. The van der Waals surface area contributed by atoms with Gasteiger partial charge in [-0.05, 0) is 18.4 Å². The van der Waals surface area contributed by atoms with Crippen molar-refractivity contribution in [2.24, 2.45) is 5.92 Å². The smallest absolute Gasteiger partial charge is 0.281 e. The van der Waals surface area contributed by atoms with Crippen LogP contribution >= 0.6 is 11.8 Å². The molecule has 0 atom stereocenters. The topological polar surface area (TPSA) is 69.7 Å². The molecule has 140 valence electrons. The third-order valence-corrected chi connectivity index (χ3v) is 7.24. The lowest BCUT2D eigenvalue weighted by Crippen LogP contribution is -2.47. The highest BCUT2D eigenvalue weighted by atomic mass is 32.2. The van der Waals surface area contributed by atoms with E-state index >= 15 is 0 Å². The summed E-state index contributed by atoms with van der Waals surface area (Å²) in [6.45, 7) is 1.45. The molecule has 8 heteroatoms. The molecule has 1 aromatic rings. The average molecular weight is 386 g/mol. The Balaban J connectivity index is 1.64. The number of hydrogen-bond donors (Lipinski definition) is 1. The zero-order valence-electron chi connectivity index (χ0n) is 14.8. The van der Waals surface area contributed by atoms with Gasteiger partial charge in [-0.3, -0.25) is 4.79 Å². The van der Waals surface area contributed by atoms with Crippen LogP contribution in [0.25, 0.3) is 0 Å². The van der Waals surface area contributed by atoms with Gasteiger partial charge in [0.15, 0.2) is 0 Å². The van der Waals surface area contributed by atoms with Gasteiger partial charge in [-0.1, -0.05) is 30.3 Å². The summed E-state index contributed by atoms with van der Waals surface area (Å²) >= 11 is 1.79. The molecule has 1 aliphatic heterocycles. The second-order valence-electron chi connectivity index (χ2n) is 6.29. The molecule has 6 nitrogen and oxygen atoms in total. The Morgan fingerprint density at radius 3 is 2.48 bits per heavy atom. The van der Waals surface area contributed by atoms with Crippen LogP contribution in [0.1, 0.15) is 18.4 Å². The Morgan fingerprint density at radius 2 is 1.88 bits per heavy atom. The maximum atomic E-state index is 12.2. The van der Waals surface area contributed by atoms with Crippen LogP contribution in [-0.2, 0) is 20.8 Å². The summed E-state index contributed by atoms with van der Waals surface area (Å²) < 4.78 is 26.8. The molecule has 1 amide bonds. The molecule has 0 aromatic heterocycles. The first-order valence-corrected chi connectivity index (χ1v) is 11.0. The molecule has 1 aromatic carbocycles. The van der Waals surface area contributed by atoms with E-state index in [1.807, 2.05) is 18.2 Å². The van der Waals surface area contributed by atoms with Crippen molar-refractivity contribution in [3.05, 3.63) is 35.9 Å². The zero-order valence-corrected chi connectivity index (χ0v) is 16.5. The van der Waals surface area contributed by atoms with Gasteiger partial charge in [0.05, 0.1) is 0 Å². The summed E-state index contributed by atoms with van der Waals surface area (Å²) in [5, 5.41) is 2.98. The average Bonchev–Trinajstić information content (AvgIpc) is 2.62. The highest BCUT2D eigenvalue weighted by Crippen LogP contribution is 2.20. The number of carbonyl (C=O) groups is 1. The van der Waals surface area contributed by atoms with Crippen molar-refractivity contribution in [2.75, 3.05) is 39.5 Å². The Hall–Kier alpha value is -1.09.